The Kier molecular flexibility index (Phi) is 3.76. The van der Waals surface area contributed by atoms with E-state index >= 15 is 0 Å². The fourth-order valence-corrected chi connectivity index (χ4v) is 3.33. The third-order valence-electron chi connectivity index (χ3n) is 4.90. The summed E-state index contributed by atoms with van der Waals surface area (Å²) in [4.78, 5) is 13.5. The summed E-state index contributed by atoms with van der Waals surface area (Å²) in [5.74, 6) is 2.36. The zero-order valence-corrected chi connectivity index (χ0v) is 14.0. The zero-order chi connectivity index (χ0) is 16.7. The van der Waals surface area contributed by atoms with Gasteiger partial charge in [-0.1, -0.05) is 0 Å². The molecule has 4 rings (SSSR count). The van der Waals surface area contributed by atoms with E-state index in [9.17, 15) is 0 Å². The second-order valence-corrected chi connectivity index (χ2v) is 6.85. The number of piperazine rings is 1. The van der Waals surface area contributed by atoms with Gasteiger partial charge in [-0.2, -0.15) is 9.67 Å². The molecule has 1 aliphatic carbocycles. The van der Waals surface area contributed by atoms with Crippen LogP contribution in [0.4, 0.5) is 17.7 Å². The van der Waals surface area contributed by atoms with Crippen molar-refractivity contribution in [2.24, 2.45) is 5.92 Å². The molecule has 1 aliphatic heterocycles. The molecule has 4 N–H and O–H groups in total. The van der Waals surface area contributed by atoms with Crippen LogP contribution < -0.4 is 16.4 Å². The normalized spacial score (nSPS) is 22.0. The van der Waals surface area contributed by atoms with Crippen LogP contribution in [0.25, 0.3) is 5.69 Å². The number of nitrogen functional groups attached to an aromatic ring is 2. The van der Waals surface area contributed by atoms with Gasteiger partial charge in [0.05, 0.1) is 11.9 Å². The summed E-state index contributed by atoms with van der Waals surface area (Å²) in [6.45, 7) is 6.70. The Bertz CT molecular complexity index is 705. The Morgan fingerprint density at radius 3 is 2.62 bits per heavy atom. The summed E-state index contributed by atoms with van der Waals surface area (Å²) < 4.78 is 1.50. The smallest absolute Gasteiger partial charge is 0.241 e. The minimum atomic E-state index is 0.164. The van der Waals surface area contributed by atoms with Crippen molar-refractivity contribution in [2.45, 2.75) is 25.8 Å². The lowest BCUT2D eigenvalue weighted by Crippen LogP contribution is -2.52. The summed E-state index contributed by atoms with van der Waals surface area (Å²) in [6, 6.07) is 4.52. The number of nitrogens with zero attached hydrogens (tertiary/aromatic N) is 6. The van der Waals surface area contributed by atoms with Crippen molar-refractivity contribution in [2.75, 3.05) is 42.5 Å². The first-order chi connectivity index (χ1) is 11.6. The minimum Gasteiger partial charge on any atom is -0.368 e. The highest BCUT2D eigenvalue weighted by Gasteiger charge is 2.30. The van der Waals surface area contributed by atoms with Gasteiger partial charge < -0.3 is 16.4 Å². The van der Waals surface area contributed by atoms with E-state index in [1.165, 1.54) is 24.1 Å². The fourth-order valence-electron chi connectivity index (χ4n) is 3.33. The van der Waals surface area contributed by atoms with E-state index < -0.39 is 0 Å². The molecule has 1 saturated heterocycles. The lowest BCUT2D eigenvalue weighted by Gasteiger charge is -2.40. The monoisotopic (exact) mass is 328 g/mol. The largest absolute Gasteiger partial charge is 0.368 e. The SMILES string of the molecule is CC1CN(c2ccc(-n3nc(N)nc3N)cn2)CCN1CC1CC1. The van der Waals surface area contributed by atoms with Crippen LogP contribution in [0.3, 0.4) is 0 Å². The van der Waals surface area contributed by atoms with Crippen molar-refractivity contribution >= 4 is 17.7 Å². The van der Waals surface area contributed by atoms with Gasteiger partial charge in [-0.25, -0.2) is 4.98 Å². The molecule has 0 amide bonds. The van der Waals surface area contributed by atoms with Crippen LogP contribution >= 0.6 is 0 Å². The maximum absolute atomic E-state index is 5.80. The zero-order valence-electron chi connectivity index (χ0n) is 14.0. The van der Waals surface area contributed by atoms with Gasteiger partial charge >= 0.3 is 0 Å². The Morgan fingerprint density at radius 1 is 1.21 bits per heavy atom. The van der Waals surface area contributed by atoms with Crippen LogP contribution in [0.5, 0.6) is 0 Å². The third-order valence-corrected chi connectivity index (χ3v) is 4.90. The van der Waals surface area contributed by atoms with Crippen molar-refractivity contribution in [3.05, 3.63) is 18.3 Å². The first-order valence-corrected chi connectivity index (χ1v) is 8.53. The van der Waals surface area contributed by atoms with Gasteiger partial charge in [-0.05, 0) is 37.8 Å². The maximum Gasteiger partial charge on any atom is 0.241 e. The summed E-state index contributed by atoms with van der Waals surface area (Å²) in [7, 11) is 0. The van der Waals surface area contributed by atoms with Crippen molar-refractivity contribution in [3.8, 4) is 5.69 Å². The molecule has 1 atom stereocenters. The van der Waals surface area contributed by atoms with Crippen molar-refractivity contribution in [1.82, 2.24) is 24.6 Å². The Labute approximate surface area is 141 Å². The van der Waals surface area contributed by atoms with E-state index in [0.29, 0.717) is 6.04 Å². The Balaban J connectivity index is 1.44. The van der Waals surface area contributed by atoms with Gasteiger partial charge in [0.1, 0.15) is 5.82 Å². The molecular formula is C16H24N8. The molecule has 3 heterocycles. The van der Waals surface area contributed by atoms with Gasteiger partial charge in [0.2, 0.25) is 11.9 Å². The number of pyridine rings is 1. The average Bonchev–Trinajstić information content (AvgIpc) is 3.32. The van der Waals surface area contributed by atoms with Crippen LogP contribution in [-0.4, -0.2) is 56.9 Å². The molecule has 2 aromatic heterocycles. The number of rotatable bonds is 4. The molecule has 2 fully saturated rings. The van der Waals surface area contributed by atoms with Gasteiger partial charge in [0, 0.05) is 32.2 Å². The van der Waals surface area contributed by atoms with Gasteiger partial charge in [0.25, 0.3) is 0 Å². The summed E-state index contributed by atoms with van der Waals surface area (Å²) in [5, 5.41) is 4.08. The Morgan fingerprint density at radius 2 is 2.04 bits per heavy atom. The quantitative estimate of drug-likeness (QED) is 0.853. The molecule has 8 heteroatoms. The first-order valence-electron chi connectivity index (χ1n) is 8.53. The summed E-state index contributed by atoms with van der Waals surface area (Å²) in [6.07, 6.45) is 4.58. The average molecular weight is 328 g/mol. The number of aromatic nitrogens is 4. The standard InChI is InChI=1S/C16H24N8/c1-11-9-23(7-6-22(11)10-12-2-3-12)14-5-4-13(8-19-14)24-16(18)20-15(17)21-24/h4-5,8,11-12H,2-3,6-7,9-10H2,1H3,(H4,17,18,20,21). The van der Waals surface area contributed by atoms with E-state index in [4.69, 9.17) is 11.5 Å². The molecule has 1 unspecified atom stereocenters. The molecule has 0 bridgehead atoms. The maximum atomic E-state index is 5.80. The van der Waals surface area contributed by atoms with Crippen LogP contribution in [0, 0.1) is 5.92 Å². The molecule has 1 saturated carbocycles. The number of hydrogen-bond donors (Lipinski definition) is 2. The molecule has 128 valence electrons. The van der Waals surface area contributed by atoms with E-state index in [1.807, 2.05) is 12.1 Å². The van der Waals surface area contributed by atoms with Crippen LogP contribution in [0.2, 0.25) is 0 Å². The number of anilines is 3. The molecule has 0 spiro atoms. The van der Waals surface area contributed by atoms with Gasteiger partial charge in [-0.15, -0.1) is 5.10 Å². The highest BCUT2D eigenvalue weighted by molar-refractivity contribution is 5.46. The summed E-state index contributed by atoms with van der Waals surface area (Å²) in [5.41, 5.74) is 12.1. The predicted octanol–water partition coefficient (Wildman–Crippen LogP) is 0.747. The number of hydrogen-bond acceptors (Lipinski definition) is 7. The highest BCUT2D eigenvalue weighted by atomic mass is 15.4. The Hall–Kier alpha value is -2.35. The highest BCUT2D eigenvalue weighted by Crippen LogP contribution is 2.31. The molecule has 0 aromatic carbocycles. The topological polar surface area (TPSA) is 102 Å². The number of nitrogens with two attached hydrogens (primary N) is 2. The van der Waals surface area contributed by atoms with Crippen LogP contribution in [-0.2, 0) is 0 Å². The van der Waals surface area contributed by atoms with E-state index in [0.717, 1.165) is 37.1 Å². The van der Waals surface area contributed by atoms with Gasteiger partial charge in [0.15, 0.2) is 0 Å². The van der Waals surface area contributed by atoms with Crippen molar-refractivity contribution in [1.29, 1.82) is 0 Å². The van der Waals surface area contributed by atoms with Crippen LogP contribution in [0.15, 0.2) is 18.3 Å². The second kappa shape index (κ2) is 5.94. The fraction of sp³-hybridized carbons (Fsp3) is 0.562. The molecule has 24 heavy (non-hydrogen) atoms. The first kappa shape index (κ1) is 15.2. The van der Waals surface area contributed by atoms with E-state index in [2.05, 4.69) is 31.8 Å². The molecular weight excluding hydrogens is 304 g/mol. The molecule has 2 aromatic rings. The van der Waals surface area contributed by atoms with E-state index in [1.54, 1.807) is 6.20 Å². The lowest BCUT2D eigenvalue weighted by molar-refractivity contribution is 0.181. The molecule has 8 nitrogen and oxygen atoms in total. The second-order valence-electron chi connectivity index (χ2n) is 6.85. The van der Waals surface area contributed by atoms with Crippen molar-refractivity contribution in [3.63, 3.8) is 0 Å². The predicted molar refractivity (Wildman–Crippen MR) is 94.0 cm³/mol. The van der Waals surface area contributed by atoms with E-state index in [-0.39, 0.29) is 11.9 Å². The lowest BCUT2D eigenvalue weighted by atomic mass is 10.1. The molecule has 2 aliphatic rings. The third kappa shape index (κ3) is 3.01. The minimum absolute atomic E-state index is 0.164. The molecule has 0 radical (unpaired) electrons. The van der Waals surface area contributed by atoms with Crippen molar-refractivity contribution < 1.29 is 0 Å². The van der Waals surface area contributed by atoms with Crippen LogP contribution in [0.1, 0.15) is 19.8 Å². The van der Waals surface area contributed by atoms with Gasteiger partial charge in [-0.3, -0.25) is 4.90 Å². The summed E-state index contributed by atoms with van der Waals surface area (Å²) >= 11 is 0.